The minimum Gasteiger partial charge on any atom is -0.508 e. The Hall–Kier alpha value is -2.16. The van der Waals surface area contributed by atoms with Crippen LogP contribution in [0, 0.1) is 6.92 Å². The van der Waals surface area contributed by atoms with Gasteiger partial charge < -0.3 is 15.5 Å². The van der Waals surface area contributed by atoms with Crippen molar-refractivity contribution >= 4 is 5.69 Å². The van der Waals surface area contributed by atoms with Gasteiger partial charge in [0.25, 0.3) is 0 Å². The van der Waals surface area contributed by atoms with E-state index in [1.54, 1.807) is 6.07 Å². The summed E-state index contributed by atoms with van der Waals surface area (Å²) < 4.78 is 0. The molecule has 3 nitrogen and oxygen atoms in total. The van der Waals surface area contributed by atoms with Gasteiger partial charge in [-0.2, -0.15) is 0 Å². The van der Waals surface area contributed by atoms with Gasteiger partial charge in [0.2, 0.25) is 0 Å². The van der Waals surface area contributed by atoms with Gasteiger partial charge in [-0.15, -0.1) is 0 Å². The second-order valence-electron chi connectivity index (χ2n) is 4.42. The van der Waals surface area contributed by atoms with Crippen molar-refractivity contribution in [3.05, 3.63) is 53.6 Å². The summed E-state index contributed by atoms with van der Waals surface area (Å²) in [5.74, 6) is 0.336. The molecule has 3 heteroatoms. The molecule has 0 aliphatic carbocycles. The van der Waals surface area contributed by atoms with Crippen LogP contribution in [0.25, 0.3) is 0 Å². The fraction of sp³-hybridized carbons (Fsp3) is 0.200. The van der Waals surface area contributed by atoms with Crippen LogP contribution in [0.2, 0.25) is 0 Å². The van der Waals surface area contributed by atoms with Gasteiger partial charge in [-0.25, -0.2) is 0 Å². The molecule has 18 heavy (non-hydrogen) atoms. The van der Waals surface area contributed by atoms with Crippen molar-refractivity contribution in [3.63, 3.8) is 0 Å². The molecule has 3 N–H and O–H groups in total. The predicted octanol–water partition coefficient (Wildman–Crippen LogP) is 3.58. The van der Waals surface area contributed by atoms with E-state index in [0.29, 0.717) is 5.56 Å². The van der Waals surface area contributed by atoms with Crippen LogP contribution < -0.4 is 5.32 Å². The van der Waals surface area contributed by atoms with Crippen LogP contribution in [0.15, 0.2) is 42.5 Å². The molecular weight excluding hydrogens is 226 g/mol. The molecule has 0 aliphatic heterocycles. The molecule has 0 saturated carbocycles. The van der Waals surface area contributed by atoms with Gasteiger partial charge in [-0.3, -0.25) is 0 Å². The molecule has 94 valence electrons. The van der Waals surface area contributed by atoms with Gasteiger partial charge in [0.1, 0.15) is 11.5 Å². The minimum atomic E-state index is -0.0850. The summed E-state index contributed by atoms with van der Waals surface area (Å²) in [5, 5.41) is 22.6. The van der Waals surface area contributed by atoms with E-state index in [-0.39, 0.29) is 17.5 Å². The van der Waals surface area contributed by atoms with E-state index in [4.69, 9.17) is 0 Å². The number of phenols is 2. The third-order valence-electron chi connectivity index (χ3n) is 2.99. The highest BCUT2D eigenvalue weighted by molar-refractivity contribution is 5.53. The molecule has 2 rings (SSSR count). The van der Waals surface area contributed by atoms with Gasteiger partial charge in [0, 0.05) is 11.3 Å². The van der Waals surface area contributed by atoms with E-state index in [2.05, 4.69) is 5.32 Å². The number of hydrogen-bond acceptors (Lipinski definition) is 3. The van der Waals surface area contributed by atoms with E-state index >= 15 is 0 Å². The van der Waals surface area contributed by atoms with Crippen molar-refractivity contribution in [2.24, 2.45) is 0 Å². The van der Waals surface area contributed by atoms with E-state index < -0.39 is 0 Å². The number of aromatic hydroxyl groups is 2. The van der Waals surface area contributed by atoms with Crippen LogP contribution in [-0.4, -0.2) is 10.2 Å². The van der Waals surface area contributed by atoms with Gasteiger partial charge in [-0.05, 0) is 43.7 Å². The second kappa shape index (κ2) is 5.00. The standard InChI is InChI=1S/C15H17NO2/c1-10-5-3-4-6-14(10)16-11(2)13-9-12(17)7-8-15(13)18/h3-9,11,16-18H,1-2H3. The maximum absolute atomic E-state index is 9.80. The SMILES string of the molecule is Cc1ccccc1NC(C)c1cc(O)ccc1O. The van der Waals surface area contributed by atoms with Crippen molar-refractivity contribution < 1.29 is 10.2 Å². The molecule has 0 heterocycles. The molecule has 0 amide bonds. The molecule has 2 aromatic rings. The zero-order valence-corrected chi connectivity index (χ0v) is 10.5. The van der Waals surface area contributed by atoms with Crippen molar-refractivity contribution in [3.8, 4) is 11.5 Å². The number of hydrogen-bond donors (Lipinski definition) is 3. The first-order valence-corrected chi connectivity index (χ1v) is 5.92. The van der Waals surface area contributed by atoms with Crippen molar-refractivity contribution in [1.29, 1.82) is 0 Å². The largest absolute Gasteiger partial charge is 0.508 e. The number of para-hydroxylation sites is 1. The molecule has 0 aliphatic rings. The van der Waals surface area contributed by atoms with E-state index in [9.17, 15) is 10.2 Å². The lowest BCUT2D eigenvalue weighted by Gasteiger charge is -2.18. The van der Waals surface area contributed by atoms with Crippen LogP contribution in [-0.2, 0) is 0 Å². The molecule has 0 aromatic heterocycles. The van der Waals surface area contributed by atoms with Crippen LogP contribution >= 0.6 is 0 Å². The molecule has 1 atom stereocenters. The summed E-state index contributed by atoms with van der Waals surface area (Å²) >= 11 is 0. The zero-order chi connectivity index (χ0) is 13.1. The molecular formula is C15H17NO2. The predicted molar refractivity (Wildman–Crippen MR) is 73.0 cm³/mol. The maximum Gasteiger partial charge on any atom is 0.121 e. The number of nitrogens with one attached hydrogen (secondary N) is 1. The highest BCUT2D eigenvalue weighted by Gasteiger charge is 2.11. The van der Waals surface area contributed by atoms with Crippen molar-refractivity contribution in [1.82, 2.24) is 0 Å². The first-order valence-electron chi connectivity index (χ1n) is 5.92. The average Bonchev–Trinajstić information content (AvgIpc) is 2.35. The molecule has 0 saturated heterocycles. The Balaban J connectivity index is 2.25. The van der Waals surface area contributed by atoms with Crippen LogP contribution in [0.3, 0.4) is 0 Å². The molecule has 0 fully saturated rings. The Morgan fingerprint density at radius 1 is 1.06 bits per heavy atom. The first-order chi connectivity index (χ1) is 8.58. The first kappa shape index (κ1) is 12.3. The average molecular weight is 243 g/mol. The lowest BCUT2D eigenvalue weighted by Crippen LogP contribution is -2.07. The quantitative estimate of drug-likeness (QED) is 0.722. The molecule has 0 radical (unpaired) electrons. The van der Waals surface area contributed by atoms with Gasteiger partial charge in [0.05, 0.1) is 6.04 Å². The zero-order valence-electron chi connectivity index (χ0n) is 10.5. The Kier molecular flexibility index (Phi) is 3.42. The summed E-state index contributed by atoms with van der Waals surface area (Å²) in [4.78, 5) is 0. The molecule has 1 unspecified atom stereocenters. The number of rotatable bonds is 3. The van der Waals surface area contributed by atoms with Gasteiger partial charge in [0.15, 0.2) is 0 Å². The second-order valence-corrected chi connectivity index (χ2v) is 4.42. The lowest BCUT2D eigenvalue weighted by molar-refractivity contribution is 0.451. The monoisotopic (exact) mass is 243 g/mol. The summed E-state index contributed by atoms with van der Waals surface area (Å²) in [5.41, 5.74) is 2.84. The van der Waals surface area contributed by atoms with Crippen molar-refractivity contribution in [2.45, 2.75) is 19.9 Å². The number of benzene rings is 2. The van der Waals surface area contributed by atoms with E-state index in [0.717, 1.165) is 11.3 Å². The molecule has 0 bridgehead atoms. The highest BCUT2D eigenvalue weighted by Crippen LogP contribution is 2.30. The third-order valence-corrected chi connectivity index (χ3v) is 2.99. The summed E-state index contributed by atoms with van der Waals surface area (Å²) in [6, 6.07) is 12.4. The molecule has 0 spiro atoms. The normalized spacial score (nSPS) is 12.1. The Morgan fingerprint density at radius 3 is 2.50 bits per heavy atom. The Bertz CT molecular complexity index is 552. The minimum absolute atomic E-state index is 0.0850. The lowest BCUT2D eigenvalue weighted by atomic mass is 10.1. The van der Waals surface area contributed by atoms with E-state index in [1.165, 1.54) is 12.1 Å². The van der Waals surface area contributed by atoms with Gasteiger partial charge >= 0.3 is 0 Å². The smallest absolute Gasteiger partial charge is 0.121 e. The molecule has 2 aromatic carbocycles. The summed E-state index contributed by atoms with van der Waals surface area (Å²) in [6.45, 7) is 3.97. The number of aryl methyl sites for hydroxylation is 1. The van der Waals surface area contributed by atoms with Crippen LogP contribution in [0.1, 0.15) is 24.1 Å². The van der Waals surface area contributed by atoms with Crippen LogP contribution in [0.4, 0.5) is 5.69 Å². The highest BCUT2D eigenvalue weighted by atomic mass is 16.3. The number of phenolic OH excluding ortho intramolecular Hbond substituents is 2. The third kappa shape index (κ3) is 2.56. The summed E-state index contributed by atoms with van der Waals surface area (Å²) in [7, 11) is 0. The fourth-order valence-electron chi connectivity index (χ4n) is 1.93. The Morgan fingerprint density at radius 2 is 1.78 bits per heavy atom. The topological polar surface area (TPSA) is 52.5 Å². The van der Waals surface area contributed by atoms with Crippen LogP contribution in [0.5, 0.6) is 11.5 Å². The summed E-state index contributed by atoms with van der Waals surface area (Å²) in [6.07, 6.45) is 0. The van der Waals surface area contributed by atoms with Crippen molar-refractivity contribution in [2.75, 3.05) is 5.32 Å². The number of anilines is 1. The fourth-order valence-corrected chi connectivity index (χ4v) is 1.93. The maximum atomic E-state index is 9.80. The van der Waals surface area contributed by atoms with E-state index in [1.807, 2.05) is 38.1 Å². The van der Waals surface area contributed by atoms with Gasteiger partial charge in [-0.1, -0.05) is 18.2 Å². The Labute approximate surface area is 107 Å².